The summed E-state index contributed by atoms with van der Waals surface area (Å²) in [7, 11) is -6.92. The molecule has 0 amide bonds. The number of phosphoric ester groups is 1. The Balaban J connectivity index is 1.35. The third-order valence-corrected chi connectivity index (χ3v) is 7.49. The van der Waals surface area contributed by atoms with Crippen molar-refractivity contribution in [2.45, 2.75) is 6.16 Å². The van der Waals surface area contributed by atoms with Crippen molar-refractivity contribution in [1.82, 2.24) is 0 Å². The molecule has 9 heteroatoms. The van der Waals surface area contributed by atoms with Crippen LogP contribution in [0.4, 0.5) is 0 Å². The van der Waals surface area contributed by atoms with Gasteiger partial charge in [-0.15, -0.1) is 0 Å². The molecule has 7 nitrogen and oxygen atoms in total. The van der Waals surface area contributed by atoms with E-state index in [4.69, 9.17) is 22.6 Å². The highest BCUT2D eigenvalue weighted by atomic mass is 31.2. The van der Waals surface area contributed by atoms with Crippen molar-refractivity contribution in [3.05, 3.63) is 66.2 Å². The van der Waals surface area contributed by atoms with E-state index >= 15 is 0 Å². The number of hydrogen-bond acceptors (Lipinski definition) is 7. The zero-order chi connectivity index (χ0) is 18.8. The van der Waals surface area contributed by atoms with Crippen molar-refractivity contribution >= 4 is 15.4 Å². The van der Waals surface area contributed by atoms with E-state index in [1.165, 1.54) is 0 Å². The molecule has 0 saturated carbocycles. The largest absolute Gasteiger partial charge is 0.530 e. The van der Waals surface area contributed by atoms with Crippen molar-refractivity contribution in [2.24, 2.45) is 5.41 Å². The summed E-state index contributed by atoms with van der Waals surface area (Å²) in [5.74, 6) is 0.403. The van der Waals surface area contributed by atoms with E-state index in [1.807, 2.05) is 36.4 Å². The molecule has 0 bridgehead atoms. The summed E-state index contributed by atoms with van der Waals surface area (Å²) in [4.78, 5) is 0. The Labute approximate surface area is 157 Å². The molecule has 1 spiro atoms. The normalized spacial score (nSPS) is 33.6. The molecule has 27 heavy (non-hydrogen) atoms. The molecule has 2 fully saturated rings. The van der Waals surface area contributed by atoms with Crippen LogP contribution in [0.25, 0.3) is 0 Å². The fourth-order valence-electron chi connectivity index (χ4n) is 2.79. The summed E-state index contributed by atoms with van der Waals surface area (Å²) < 4.78 is 52.8. The first kappa shape index (κ1) is 18.9. The minimum atomic E-state index is -3.70. The molecular weight excluding hydrogens is 390 g/mol. The third kappa shape index (κ3) is 4.52. The van der Waals surface area contributed by atoms with Crippen LogP contribution in [0.5, 0.6) is 5.75 Å². The van der Waals surface area contributed by atoms with Crippen LogP contribution in [0, 0.1) is 5.41 Å². The quantitative estimate of drug-likeness (QED) is 0.679. The van der Waals surface area contributed by atoms with Gasteiger partial charge >= 0.3 is 15.4 Å². The summed E-state index contributed by atoms with van der Waals surface area (Å²) in [6.45, 7) is 0.426. The van der Waals surface area contributed by atoms with Crippen LogP contribution < -0.4 is 4.52 Å². The van der Waals surface area contributed by atoms with Gasteiger partial charge in [0.25, 0.3) is 0 Å². The van der Waals surface area contributed by atoms with Crippen molar-refractivity contribution in [1.29, 1.82) is 0 Å². The zero-order valence-electron chi connectivity index (χ0n) is 14.6. The standard InChI is InChI=1S/C18H20O7P2/c19-26(11-16-7-3-1-4-8-16)21-12-18(13-22-26)14-23-27(20,24-15-18)25-17-9-5-2-6-10-17/h1-10H,11-15H2. The van der Waals surface area contributed by atoms with Crippen LogP contribution in [-0.4, -0.2) is 26.4 Å². The first-order valence-electron chi connectivity index (χ1n) is 8.54. The minimum Gasteiger partial charge on any atom is -0.404 e. The van der Waals surface area contributed by atoms with E-state index in [1.54, 1.807) is 24.3 Å². The van der Waals surface area contributed by atoms with Gasteiger partial charge in [-0.05, 0) is 17.7 Å². The Bertz CT molecular complexity index is 771. The van der Waals surface area contributed by atoms with Gasteiger partial charge in [0.1, 0.15) is 5.75 Å². The molecule has 0 aliphatic carbocycles. The summed E-state index contributed by atoms with van der Waals surface area (Å²) in [5.41, 5.74) is 0.229. The van der Waals surface area contributed by atoms with E-state index in [9.17, 15) is 9.13 Å². The second kappa shape index (κ2) is 7.51. The summed E-state index contributed by atoms with van der Waals surface area (Å²) >= 11 is 0. The number of para-hydroxylation sites is 1. The summed E-state index contributed by atoms with van der Waals surface area (Å²) in [5, 5.41) is 0. The first-order valence-corrected chi connectivity index (χ1v) is 11.7. The number of rotatable bonds is 4. The Hall–Kier alpha value is -1.46. The highest BCUT2D eigenvalue weighted by molar-refractivity contribution is 7.53. The molecule has 144 valence electrons. The lowest BCUT2D eigenvalue weighted by Crippen LogP contribution is -2.46. The Morgan fingerprint density at radius 1 is 0.778 bits per heavy atom. The lowest BCUT2D eigenvalue weighted by molar-refractivity contribution is -0.0776. The van der Waals surface area contributed by atoms with Gasteiger partial charge in [0, 0.05) is 0 Å². The van der Waals surface area contributed by atoms with Crippen LogP contribution in [0.15, 0.2) is 60.7 Å². The van der Waals surface area contributed by atoms with Gasteiger partial charge in [0.05, 0.1) is 38.0 Å². The van der Waals surface area contributed by atoms with Gasteiger partial charge in [-0.2, -0.15) is 0 Å². The SMILES string of the molecule is O=P1(Cc2ccccc2)OCC2(CO1)COP(=O)(Oc1ccccc1)OC2. The fraction of sp³-hybridized carbons (Fsp3) is 0.333. The Morgan fingerprint density at radius 2 is 1.30 bits per heavy atom. The highest BCUT2D eigenvalue weighted by Gasteiger charge is 2.49. The van der Waals surface area contributed by atoms with Crippen molar-refractivity contribution in [3.63, 3.8) is 0 Å². The number of hydrogen-bond donors (Lipinski definition) is 0. The topological polar surface area (TPSA) is 80.3 Å². The predicted molar refractivity (Wildman–Crippen MR) is 98.7 cm³/mol. The van der Waals surface area contributed by atoms with Crippen LogP contribution in [-0.2, 0) is 33.4 Å². The minimum absolute atomic E-state index is 0.0719. The molecular formula is C18H20O7P2. The van der Waals surface area contributed by atoms with E-state index in [0.29, 0.717) is 5.75 Å². The second-order valence-electron chi connectivity index (χ2n) is 6.70. The van der Waals surface area contributed by atoms with E-state index in [-0.39, 0.29) is 32.6 Å². The molecule has 4 rings (SSSR count). The number of phosphoric acid groups is 1. The molecule has 2 heterocycles. The zero-order valence-corrected chi connectivity index (χ0v) is 16.4. The van der Waals surface area contributed by atoms with Gasteiger partial charge in [-0.3, -0.25) is 13.6 Å². The van der Waals surface area contributed by atoms with Crippen molar-refractivity contribution in [3.8, 4) is 5.75 Å². The molecule has 0 radical (unpaired) electrons. The van der Waals surface area contributed by atoms with Gasteiger partial charge < -0.3 is 13.6 Å². The molecule has 0 atom stereocenters. The molecule has 2 aromatic rings. The molecule has 2 aromatic carbocycles. The van der Waals surface area contributed by atoms with Crippen LogP contribution in [0.1, 0.15) is 5.56 Å². The average molecular weight is 410 g/mol. The lowest BCUT2D eigenvalue weighted by atomic mass is 9.93. The van der Waals surface area contributed by atoms with Gasteiger partial charge in [0.15, 0.2) is 0 Å². The molecule has 2 aliphatic rings. The smallest absolute Gasteiger partial charge is 0.404 e. The highest BCUT2D eigenvalue weighted by Crippen LogP contribution is 2.60. The third-order valence-electron chi connectivity index (χ3n) is 4.37. The van der Waals surface area contributed by atoms with E-state index in [2.05, 4.69) is 0 Å². The van der Waals surface area contributed by atoms with Crippen LogP contribution in [0.2, 0.25) is 0 Å². The van der Waals surface area contributed by atoms with Crippen LogP contribution >= 0.6 is 15.4 Å². The fourth-order valence-corrected chi connectivity index (χ4v) is 6.07. The molecule has 0 N–H and O–H groups in total. The molecule has 2 saturated heterocycles. The van der Waals surface area contributed by atoms with Gasteiger partial charge in [0.2, 0.25) is 0 Å². The monoisotopic (exact) mass is 410 g/mol. The average Bonchev–Trinajstić information content (AvgIpc) is 2.69. The maximum atomic E-state index is 12.8. The summed E-state index contributed by atoms with van der Waals surface area (Å²) in [6.07, 6.45) is 0.210. The van der Waals surface area contributed by atoms with Gasteiger partial charge in [-0.1, -0.05) is 48.5 Å². The molecule has 0 unspecified atom stereocenters. The van der Waals surface area contributed by atoms with E-state index < -0.39 is 20.8 Å². The Morgan fingerprint density at radius 3 is 1.89 bits per heavy atom. The first-order chi connectivity index (χ1) is 13.0. The van der Waals surface area contributed by atoms with E-state index in [0.717, 1.165) is 5.56 Å². The predicted octanol–water partition coefficient (Wildman–Crippen LogP) is 4.65. The van der Waals surface area contributed by atoms with Crippen molar-refractivity contribution in [2.75, 3.05) is 26.4 Å². The van der Waals surface area contributed by atoms with Crippen molar-refractivity contribution < 1.29 is 31.7 Å². The maximum absolute atomic E-state index is 12.8. The van der Waals surface area contributed by atoms with Gasteiger partial charge in [-0.25, -0.2) is 4.57 Å². The number of benzene rings is 2. The second-order valence-corrected chi connectivity index (χ2v) is 10.3. The maximum Gasteiger partial charge on any atom is 0.530 e. The molecule has 0 aromatic heterocycles. The van der Waals surface area contributed by atoms with Crippen LogP contribution in [0.3, 0.4) is 0 Å². The summed E-state index contributed by atoms with van der Waals surface area (Å²) in [6, 6.07) is 18.1. The Kier molecular flexibility index (Phi) is 5.26. The lowest BCUT2D eigenvalue weighted by Gasteiger charge is -2.42. The molecule has 2 aliphatic heterocycles.